The summed E-state index contributed by atoms with van der Waals surface area (Å²) in [6.07, 6.45) is 0. The summed E-state index contributed by atoms with van der Waals surface area (Å²) in [4.78, 5) is 0. The molecule has 0 spiro atoms. The van der Waals surface area contributed by atoms with Crippen molar-refractivity contribution in [3.8, 4) is 0 Å². The summed E-state index contributed by atoms with van der Waals surface area (Å²) >= 11 is 3.56. The van der Waals surface area contributed by atoms with E-state index in [2.05, 4.69) is 21.9 Å². The van der Waals surface area contributed by atoms with E-state index in [0.29, 0.717) is 13.2 Å². The first-order valence-electron chi connectivity index (χ1n) is 2.59. The molecule has 0 aromatic heterocycles. The summed E-state index contributed by atoms with van der Waals surface area (Å²) in [6.45, 7) is 0.696. The predicted octanol–water partition coefficient (Wildman–Crippen LogP) is -0.507. The molecule has 0 aliphatic heterocycles. The first kappa shape index (κ1) is 13.2. The van der Waals surface area contributed by atoms with Gasteiger partial charge in [0.2, 0.25) is 0 Å². The van der Waals surface area contributed by atoms with Crippen LogP contribution in [-0.4, -0.2) is 60.1 Å². The molecule has 0 aromatic carbocycles. The Kier molecular flexibility index (Phi) is 23.9. The average molecular weight is 256 g/mol. The van der Waals surface area contributed by atoms with Crippen molar-refractivity contribution in [2.24, 2.45) is 0 Å². The molecule has 52 valence electrons. The molecule has 0 aliphatic rings. The monoisotopic (exact) mass is 256 g/mol. The fourth-order valence-corrected chi connectivity index (χ4v) is 0.231. The van der Waals surface area contributed by atoms with Gasteiger partial charge in [-0.3, -0.25) is 0 Å². The van der Waals surface area contributed by atoms with Gasteiger partial charge in [0.25, 0.3) is 0 Å². The zero-order chi connectivity index (χ0) is 7.54. The van der Waals surface area contributed by atoms with Crippen LogP contribution in [0.2, 0.25) is 0 Å². The quantitative estimate of drug-likeness (QED) is 0.404. The van der Waals surface area contributed by atoms with E-state index in [1.165, 1.54) is 23.4 Å². The summed E-state index contributed by atoms with van der Waals surface area (Å²) in [5, 5.41) is 16.2. The van der Waals surface area contributed by atoms with Crippen molar-refractivity contribution in [3.05, 3.63) is 0 Å². The topological polar surface area (TPSA) is 49.7 Å². The van der Waals surface area contributed by atoms with Crippen LogP contribution in [0.5, 0.6) is 0 Å². The Morgan fingerprint density at radius 3 is 1.67 bits per heavy atom. The first-order valence-corrected chi connectivity index (χ1v) is 9.82. The van der Waals surface area contributed by atoms with Gasteiger partial charge in [-0.2, -0.15) is 0 Å². The van der Waals surface area contributed by atoms with Crippen molar-refractivity contribution in [1.29, 1.82) is 0 Å². The molecule has 0 rings (SSSR count). The number of aliphatic hydroxyl groups is 2. The van der Waals surface area contributed by atoms with Crippen LogP contribution in [0, 0.1) is 0 Å². The van der Waals surface area contributed by atoms with E-state index in [-0.39, 0.29) is 13.2 Å². The molecule has 0 saturated carbocycles. The molecule has 0 amide bonds. The van der Waals surface area contributed by atoms with E-state index in [0.717, 1.165) is 0 Å². The summed E-state index contributed by atoms with van der Waals surface area (Å²) in [5.74, 6) is 0. The van der Waals surface area contributed by atoms with Gasteiger partial charge in [-0.1, -0.05) is 0 Å². The SMILES string of the molecule is OCCOCCO.[Na][I]. The van der Waals surface area contributed by atoms with Crippen LogP contribution in [0.4, 0.5) is 0 Å². The van der Waals surface area contributed by atoms with Crippen molar-refractivity contribution in [1.82, 2.24) is 0 Å². The number of ether oxygens (including phenoxy) is 1. The number of aliphatic hydroxyl groups excluding tert-OH is 2. The van der Waals surface area contributed by atoms with Crippen LogP contribution >= 0.6 is 17.2 Å². The molecule has 3 nitrogen and oxygen atoms in total. The minimum atomic E-state index is 0.0278. The van der Waals surface area contributed by atoms with E-state index in [1.807, 2.05) is 0 Å². The zero-order valence-corrected chi connectivity index (χ0v) is 9.67. The summed E-state index contributed by atoms with van der Waals surface area (Å²) < 4.78 is 4.63. The number of rotatable bonds is 4. The maximum atomic E-state index is 8.09. The third kappa shape index (κ3) is 17.7. The molecule has 0 saturated heterocycles. The Morgan fingerprint density at radius 1 is 1.11 bits per heavy atom. The van der Waals surface area contributed by atoms with E-state index in [4.69, 9.17) is 10.2 Å². The van der Waals surface area contributed by atoms with E-state index >= 15 is 0 Å². The molecular weight excluding hydrogens is 246 g/mol. The Morgan fingerprint density at radius 2 is 1.44 bits per heavy atom. The van der Waals surface area contributed by atoms with Crippen LogP contribution < -0.4 is 0 Å². The van der Waals surface area contributed by atoms with Crippen molar-refractivity contribution in [2.45, 2.75) is 0 Å². The molecule has 0 unspecified atom stereocenters. The van der Waals surface area contributed by atoms with Crippen LogP contribution in [0.15, 0.2) is 0 Å². The van der Waals surface area contributed by atoms with E-state index in [1.54, 1.807) is 0 Å². The van der Waals surface area contributed by atoms with Gasteiger partial charge in [-0.05, 0) is 0 Å². The third-order valence-electron chi connectivity index (χ3n) is 0.471. The van der Waals surface area contributed by atoms with Crippen LogP contribution in [-0.2, 0) is 4.74 Å². The first-order chi connectivity index (χ1) is 4.41. The fraction of sp³-hybridized carbons (Fsp3) is 1.00. The van der Waals surface area contributed by atoms with Crippen LogP contribution in [0.25, 0.3) is 0 Å². The molecule has 0 atom stereocenters. The second kappa shape index (κ2) is 16.3. The molecule has 2 N–H and O–H groups in total. The van der Waals surface area contributed by atoms with Crippen LogP contribution in [0.1, 0.15) is 0 Å². The van der Waals surface area contributed by atoms with Crippen molar-refractivity contribution < 1.29 is 14.9 Å². The van der Waals surface area contributed by atoms with Crippen molar-refractivity contribution in [3.63, 3.8) is 0 Å². The Balaban J connectivity index is 0. The Bertz CT molecular complexity index is 35.0. The van der Waals surface area contributed by atoms with Crippen molar-refractivity contribution in [2.75, 3.05) is 26.4 Å². The van der Waals surface area contributed by atoms with Gasteiger partial charge >= 0.3 is 40.6 Å². The second-order valence-electron chi connectivity index (χ2n) is 1.06. The average Bonchev–Trinajstić information content (AvgIpc) is 1.94. The normalized spacial score (nSPS) is 8.11. The van der Waals surface area contributed by atoms with Gasteiger partial charge in [-0.25, -0.2) is 0 Å². The summed E-state index contributed by atoms with van der Waals surface area (Å²) in [5.41, 5.74) is 0. The predicted molar refractivity (Wildman–Crippen MR) is 44.8 cm³/mol. The van der Waals surface area contributed by atoms with Gasteiger partial charge in [0.1, 0.15) is 0 Å². The van der Waals surface area contributed by atoms with Gasteiger partial charge in [0, 0.05) is 0 Å². The fourth-order valence-electron chi connectivity index (χ4n) is 0.231. The molecule has 0 aliphatic carbocycles. The maximum absolute atomic E-state index is 8.09. The molecule has 0 radical (unpaired) electrons. The molecular formula is C4H10INaO3. The number of hydrogen-bond donors (Lipinski definition) is 2. The molecule has 0 fully saturated rings. The second-order valence-corrected chi connectivity index (χ2v) is 1.06. The van der Waals surface area contributed by atoms with Gasteiger partial charge in [0.15, 0.2) is 0 Å². The molecule has 0 aromatic rings. The third-order valence-corrected chi connectivity index (χ3v) is 0.471. The standard InChI is InChI=1S/C4H10O3.HI.Na/c5-1-3-7-4-2-6;;/h5-6H,1-4H2;1H;/q;;+1/p-1. The molecule has 0 bridgehead atoms. The molecule has 5 heteroatoms. The van der Waals surface area contributed by atoms with E-state index in [9.17, 15) is 0 Å². The van der Waals surface area contributed by atoms with Crippen molar-refractivity contribution >= 4 is 40.6 Å². The Hall–Kier alpha value is 1.61. The molecule has 9 heavy (non-hydrogen) atoms. The van der Waals surface area contributed by atoms with E-state index < -0.39 is 0 Å². The number of hydrogen-bond acceptors (Lipinski definition) is 3. The zero-order valence-electron chi connectivity index (χ0n) is 5.51. The number of halogens is 1. The molecule has 0 heterocycles. The minimum absolute atomic E-state index is 0.0278. The van der Waals surface area contributed by atoms with Gasteiger partial charge in [0.05, 0.1) is 26.4 Å². The van der Waals surface area contributed by atoms with Gasteiger partial charge in [-0.15, -0.1) is 0 Å². The summed E-state index contributed by atoms with van der Waals surface area (Å²) in [6, 6.07) is 0. The van der Waals surface area contributed by atoms with Gasteiger partial charge < -0.3 is 14.9 Å². The summed E-state index contributed by atoms with van der Waals surface area (Å²) in [7, 11) is 0. The van der Waals surface area contributed by atoms with Crippen LogP contribution in [0.3, 0.4) is 0 Å². The Labute approximate surface area is 81.2 Å².